The summed E-state index contributed by atoms with van der Waals surface area (Å²) in [4.78, 5) is 5.36. The number of aliphatic hydroxyl groups excluding tert-OH is 1. The largest absolute Gasteiger partial charge is 0.419 e. The van der Waals surface area contributed by atoms with Crippen molar-refractivity contribution < 1.29 is 18.3 Å². The number of aliphatic hydroxyl groups is 1. The molecule has 0 spiro atoms. The molecule has 1 aliphatic carbocycles. The average molecular weight is 246 g/mol. The van der Waals surface area contributed by atoms with E-state index in [1.165, 1.54) is 12.3 Å². The number of pyridine rings is 1. The van der Waals surface area contributed by atoms with Gasteiger partial charge in [-0.05, 0) is 25.0 Å². The molecule has 0 aliphatic heterocycles. The first-order chi connectivity index (χ1) is 8.04. The fourth-order valence-corrected chi connectivity index (χ4v) is 1.80. The maximum atomic E-state index is 12.8. The lowest BCUT2D eigenvalue weighted by atomic mass is 10.2. The van der Waals surface area contributed by atoms with E-state index in [9.17, 15) is 13.2 Å². The number of anilines is 1. The summed E-state index contributed by atoms with van der Waals surface area (Å²) in [5, 5.41) is 8.92. The van der Waals surface area contributed by atoms with E-state index >= 15 is 0 Å². The molecule has 0 unspecified atom stereocenters. The normalized spacial score (nSPS) is 16.0. The molecular weight excluding hydrogens is 233 g/mol. The van der Waals surface area contributed by atoms with Crippen molar-refractivity contribution >= 4 is 5.82 Å². The highest BCUT2D eigenvalue weighted by Crippen LogP contribution is 2.38. The maximum absolute atomic E-state index is 12.8. The topological polar surface area (TPSA) is 36.4 Å². The van der Waals surface area contributed by atoms with Gasteiger partial charge in [-0.15, -0.1) is 0 Å². The Kier molecular flexibility index (Phi) is 3.24. The van der Waals surface area contributed by atoms with Crippen LogP contribution in [0.15, 0.2) is 18.3 Å². The number of alkyl halides is 3. The zero-order chi connectivity index (χ0) is 12.5. The van der Waals surface area contributed by atoms with E-state index in [4.69, 9.17) is 5.11 Å². The van der Waals surface area contributed by atoms with E-state index in [0.717, 1.165) is 18.9 Å². The van der Waals surface area contributed by atoms with Gasteiger partial charge < -0.3 is 10.0 Å². The Hall–Kier alpha value is -1.30. The summed E-state index contributed by atoms with van der Waals surface area (Å²) in [5.41, 5.74) is -0.736. The van der Waals surface area contributed by atoms with Gasteiger partial charge in [0.15, 0.2) is 0 Å². The summed E-state index contributed by atoms with van der Waals surface area (Å²) in [6, 6.07) is 2.38. The van der Waals surface area contributed by atoms with Crippen LogP contribution in [-0.4, -0.2) is 29.3 Å². The Labute approximate surface area is 96.9 Å². The zero-order valence-electron chi connectivity index (χ0n) is 9.11. The van der Waals surface area contributed by atoms with Gasteiger partial charge in [-0.1, -0.05) is 0 Å². The summed E-state index contributed by atoms with van der Waals surface area (Å²) in [7, 11) is 0. The molecule has 1 aromatic rings. The molecule has 3 nitrogen and oxygen atoms in total. The predicted octanol–water partition coefficient (Wildman–Crippen LogP) is 2.06. The van der Waals surface area contributed by atoms with Crippen LogP contribution in [0, 0.1) is 0 Å². The van der Waals surface area contributed by atoms with E-state index in [1.54, 1.807) is 4.90 Å². The van der Waals surface area contributed by atoms with Gasteiger partial charge in [-0.25, -0.2) is 4.98 Å². The first kappa shape index (κ1) is 12.2. The van der Waals surface area contributed by atoms with Gasteiger partial charge in [0.2, 0.25) is 0 Å². The van der Waals surface area contributed by atoms with Crippen LogP contribution in [0.4, 0.5) is 19.0 Å². The summed E-state index contributed by atoms with van der Waals surface area (Å²) >= 11 is 0. The van der Waals surface area contributed by atoms with Gasteiger partial charge >= 0.3 is 6.18 Å². The maximum Gasteiger partial charge on any atom is 0.419 e. The molecule has 0 saturated heterocycles. The molecule has 0 bridgehead atoms. The van der Waals surface area contributed by atoms with Gasteiger partial charge in [0.25, 0.3) is 0 Å². The summed E-state index contributed by atoms with van der Waals surface area (Å²) in [6.45, 7) is 0.00906. The van der Waals surface area contributed by atoms with E-state index in [2.05, 4.69) is 4.98 Å². The van der Waals surface area contributed by atoms with E-state index < -0.39 is 11.7 Å². The van der Waals surface area contributed by atoms with Crippen molar-refractivity contribution in [3.8, 4) is 0 Å². The number of halogens is 3. The number of hydrogen-bond acceptors (Lipinski definition) is 3. The fraction of sp³-hybridized carbons (Fsp3) is 0.545. The van der Waals surface area contributed by atoms with E-state index in [0.29, 0.717) is 0 Å². The van der Waals surface area contributed by atoms with Gasteiger partial charge in [-0.2, -0.15) is 13.2 Å². The molecule has 0 aromatic carbocycles. The van der Waals surface area contributed by atoms with Gasteiger partial charge in [0, 0.05) is 18.8 Å². The van der Waals surface area contributed by atoms with E-state index in [1.807, 2.05) is 0 Å². The van der Waals surface area contributed by atoms with Crippen molar-refractivity contribution in [3.63, 3.8) is 0 Å². The van der Waals surface area contributed by atoms with Crippen molar-refractivity contribution in [2.75, 3.05) is 18.1 Å². The average Bonchev–Trinajstić information content (AvgIpc) is 3.08. The molecule has 6 heteroatoms. The van der Waals surface area contributed by atoms with Crippen molar-refractivity contribution in [2.45, 2.75) is 25.1 Å². The minimum atomic E-state index is -4.41. The number of rotatable bonds is 4. The summed E-state index contributed by atoms with van der Waals surface area (Å²) in [6.07, 6.45) is -1.36. The third-order valence-electron chi connectivity index (χ3n) is 2.69. The quantitative estimate of drug-likeness (QED) is 0.883. The Bertz CT molecular complexity index is 391. The highest BCUT2D eigenvalue weighted by Gasteiger charge is 2.39. The van der Waals surface area contributed by atoms with Crippen molar-refractivity contribution in [2.24, 2.45) is 0 Å². The predicted molar refractivity (Wildman–Crippen MR) is 56.7 cm³/mol. The molecule has 0 atom stereocenters. The molecule has 1 aromatic heterocycles. The molecule has 0 radical (unpaired) electrons. The van der Waals surface area contributed by atoms with Gasteiger partial charge in [-0.3, -0.25) is 0 Å². The second kappa shape index (κ2) is 4.52. The van der Waals surface area contributed by atoms with Crippen LogP contribution in [0.3, 0.4) is 0 Å². The van der Waals surface area contributed by atoms with Crippen LogP contribution in [-0.2, 0) is 6.18 Å². The summed E-state index contributed by atoms with van der Waals surface area (Å²) < 4.78 is 38.4. The van der Waals surface area contributed by atoms with Crippen LogP contribution in [0.5, 0.6) is 0 Å². The summed E-state index contributed by atoms with van der Waals surface area (Å²) in [5.74, 6) is -0.0726. The first-order valence-electron chi connectivity index (χ1n) is 5.43. The Balaban J connectivity index is 2.35. The zero-order valence-corrected chi connectivity index (χ0v) is 9.11. The second-order valence-corrected chi connectivity index (χ2v) is 4.02. The molecule has 1 aliphatic rings. The molecule has 1 heterocycles. The molecular formula is C11H13F3N2O. The highest BCUT2D eigenvalue weighted by atomic mass is 19.4. The third-order valence-corrected chi connectivity index (χ3v) is 2.69. The molecule has 0 amide bonds. The van der Waals surface area contributed by atoms with Crippen LogP contribution in [0.2, 0.25) is 0 Å². The molecule has 17 heavy (non-hydrogen) atoms. The van der Waals surface area contributed by atoms with Crippen molar-refractivity contribution in [1.29, 1.82) is 0 Å². The fourth-order valence-electron chi connectivity index (χ4n) is 1.80. The highest BCUT2D eigenvalue weighted by molar-refractivity contribution is 5.50. The number of nitrogens with zero attached hydrogens (tertiary/aromatic N) is 2. The third kappa shape index (κ3) is 2.69. The minimum absolute atomic E-state index is 0.0726. The lowest BCUT2D eigenvalue weighted by molar-refractivity contribution is -0.137. The Morgan fingerprint density at radius 1 is 1.41 bits per heavy atom. The standard InChI is InChI=1S/C11H13F3N2O/c12-11(13,14)9-2-1-5-15-10(9)16(6-7-17)8-3-4-8/h1-2,5,8,17H,3-4,6-7H2. The lowest BCUT2D eigenvalue weighted by Crippen LogP contribution is -2.31. The first-order valence-corrected chi connectivity index (χ1v) is 5.43. The SMILES string of the molecule is OCCN(c1ncccc1C(F)(F)F)C1CC1. The molecule has 94 valence electrons. The second-order valence-electron chi connectivity index (χ2n) is 4.02. The van der Waals surface area contributed by atoms with Crippen LogP contribution >= 0.6 is 0 Å². The Morgan fingerprint density at radius 3 is 2.65 bits per heavy atom. The van der Waals surface area contributed by atoms with Crippen LogP contribution in [0.1, 0.15) is 18.4 Å². The van der Waals surface area contributed by atoms with Crippen molar-refractivity contribution in [3.05, 3.63) is 23.9 Å². The molecule has 1 N–H and O–H groups in total. The minimum Gasteiger partial charge on any atom is -0.395 e. The van der Waals surface area contributed by atoms with Gasteiger partial charge in [0.05, 0.1) is 12.2 Å². The van der Waals surface area contributed by atoms with Gasteiger partial charge in [0.1, 0.15) is 5.82 Å². The number of hydrogen-bond donors (Lipinski definition) is 1. The smallest absolute Gasteiger partial charge is 0.395 e. The van der Waals surface area contributed by atoms with Crippen LogP contribution in [0.25, 0.3) is 0 Å². The number of aromatic nitrogens is 1. The van der Waals surface area contributed by atoms with Crippen LogP contribution < -0.4 is 4.90 Å². The lowest BCUT2D eigenvalue weighted by Gasteiger charge is -2.25. The monoisotopic (exact) mass is 246 g/mol. The Morgan fingerprint density at radius 2 is 2.12 bits per heavy atom. The molecule has 1 saturated carbocycles. The van der Waals surface area contributed by atoms with E-state index in [-0.39, 0.29) is 25.0 Å². The van der Waals surface area contributed by atoms with Crippen molar-refractivity contribution in [1.82, 2.24) is 4.98 Å². The molecule has 1 fully saturated rings. The molecule has 2 rings (SSSR count).